The minimum Gasteiger partial charge on any atom is -0.351 e. The van der Waals surface area contributed by atoms with Crippen LogP contribution in [0.5, 0.6) is 0 Å². The van der Waals surface area contributed by atoms with Crippen molar-refractivity contribution in [2.45, 2.75) is 22.6 Å². The van der Waals surface area contributed by atoms with E-state index in [9.17, 15) is 32.1 Å². The van der Waals surface area contributed by atoms with Gasteiger partial charge >= 0.3 is 0 Å². The molecule has 0 radical (unpaired) electrons. The lowest BCUT2D eigenvalue weighted by Gasteiger charge is -2.15. The van der Waals surface area contributed by atoms with Gasteiger partial charge in [0.1, 0.15) is 16.5 Å². The Labute approximate surface area is 202 Å². The summed E-state index contributed by atoms with van der Waals surface area (Å²) in [5.41, 5.74) is 0.405. The number of carbonyl (C=O) groups is 1. The van der Waals surface area contributed by atoms with Gasteiger partial charge in [-0.15, -0.1) is 0 Å². The van der Waals surface area contributed by atoms with Crippen molar-refractivity contribution in [1.82, 2.24) is 5.32 Å². The third kappa shape index (κ3) is 5.36. The molecule has 1 unspecified atom stereocenters. The molecule has 3 aromatic carbocycles. The molecule has 0 saturated heterocycles. The molecule has 11 heteroatoms. The zero-order valence-electron chi connectivity index (χ0n) is 17.1. The Kier molecular flexibility index (Phi) is 7.42. The molecule has 172 valence electrons. The van der Waals surface area contributed by atoms with Crippen LogP contribution < -0.4 is 5.32 Å². The van der Waals surface area contributed by atoms with Gasteiger partial charge in [0.25, 0.3) is 11.6 Å². The number of sulfone groups is 1. The monoisotopic (exact) mass is 586 g/mol. The lowest BCUT2D eigenvalue weighted by Crippen LogP contribution is -2.29. The Balaban J connectivity index is 1.88. The van der Waals surface area contributed by atoms with Crippen LogP contribution in [0.15, 0.2) is 70.5 Å². The summed E-state index contributed by atoms with van der Waals surface area (Å²) in [5.74, 6) is -3.50. The Morgan fingerprint density at radius 2 is 1.70 bits per heavy atom. The van der Waals surface area contributed by atoms with E-state index in [-0.39, 0.29) is 23.7 Å². The van der Waals surface area contributed by atoms with Gasteiger partial charge in [0.05, 0.1) is 15.4 Å². The Morgan fingerprint density at radius 3 is 2.27 bits per heavy atom. The van der Waals surface area contributed by atoms with Crippen molar-refractivity contribution < 1.29 is 26.9 Å². The number of benzene rings is 3. The normalized spacial score (nSPS) is 12.2. The van der Waals surface area contributed by atoms with Gasteiger partial charge in [0.15, 0.2) is 0 Å². The quantitative estimate of drug-likeness (QED) is 0.242. The number of non-ortho nitro benzene ring substituents is 1. The number of nitro benzene ring substituents is 1. The van der Waals surface area contributed by atoms with Crippen molar-refractivity contribution >= 4 is 44.0 Å². The van der Waals surface area contributed by atoms with Gasteiger partial charge in [-0.3, -0.25) is 14.9 Å². The number of nitrogens with zero attached hydrogens (tertiary/aromatic N) is 1. The molecule has 1 N–H and O–H groups in total. The molecule has 3 rings (SSSR count). The van der Waals surface area contributed by atoms with Crippen LogP contribution >= 0.6 is 22.6 Å². The van der Waals surface area contributed by atoms with Gasteiger partial charge in [-0.1, -0.05) is 25.1 Å². The Bertz CT molecular complexity index is 1310. The molecule has 3 aromatic rings. The predicted molar refractivity (Wildman–Crippen MR) is 125 cm³/mol. The van der Waals surface area contributed by atoms with Crippen LogP contribution in [0.4, 0.5) is 14.5 Å². The zero-order valence-corrected chi connectivity index (χ0v) is 20.1. The van der Waals surface area contributed by atoms with E-state index in [1.54, 1.807) is 19.1 Å². The third-order valence-electron chi connectivity index (χ3n) is 4.91. The highest BCUT2D eigenvalue weighted by molar-refractivity contribution is 14.1. The highest BCUT2D eigenvalue weighted by Crippen LogP contribution is 2.30. The third-order valence-corrected chi connectivity index (χ3v) is 7.42. The average Bonchev–Trinajstić information content (AvgIpc) is 2.77. The van der Waals surface area contributed by atoms with Crippen LogP contribution in [0.1, 0.15) is 28.8 Å². The lowest BCUT2D eigenvalue weighted by atomic mass is 10.0. The van der Waals surface area contributed by atoms with Gasteiger partial charge < -0.3 is 5.32 Å². The summed E-state index contributed by atoms with van der Waals surface area (Å²) in [5, 5.41) is 13.4. The number of nitro groups is 1. The Morgan fingerprint density at radius 1 is 1.09 bits per heavy atom. The first-order valence-electron chi connectivity index (χ1n) is 9.53. The fourth-order valence-electron chi connectivity index (χ4n) is 3.14. The molecule has 0 bridgehead atoms. The standard InChI is InChI=1S/C22H17F2IN2O5S/c1-13(14-5-8-16(9-6-14)27(29)30)12-26-22(28)17-10-7-15(25)11-20(17)33(31,32)21-18(23)3-2-4-19(21)24/h2-11,13H,12H2,1H3,(H,26,28). The second-order valence-electron chi connectivity index (χ2n) is 7.15. The summed E-state index contributed by atoms with van der Waals surface area (Å²) in [6.45, 7) is 1.87. The van der Waals surface area contributed by atoms with E-state index >= 15 is 0 Å². The number of hydrogen-bond donors (Lipinski definition) is 1. The molecule has 0 saturated carbocycles. The summed E-state index contributed by atoms with van der Waals surface area (Å²) >= 11 is 1.84. The molecule has 0 fully saturated rings. The molecule has 0 aliphatic rings. The minimum atomic E-state index is -4.68. The SMILES string of the molecule is CC(CNC(=O)c1ccc(I)cc1S(=O)(=O)c1c(F)cccc1F)c1ccc([N+](=O)[O-])cc1. The minimum absolute atomic E-state index is 0.0656. The summed E-state index contributed by atoms with van der Waals surface area (Å²) < 4.78 is 55.1. The molecule has 0 aliphatic heterocycles. The zero-order chi connectivity index (χ0) is 24.3. The average molecular weight is 586 g/mol. The number of nitrogens with one attached hydrogen (secondary N) is 1. The topological polar surface area (TPSA) is 106 Å². The second-order valence-corrected chi connectivity index (χ2v) is 10.3. The first-order chi connectivity index (χ1) is 15.5. The molecule has 0 aliphatic carbocycles. The van der Waals surface area contributed by atoms with E-state index in [0.29, 0.717) is 3.57 Å². The molecule has 1 atom stereocenters. The predicted octanol–water partition coefficient (Wildman–Crippen LogP) is 4.84. The number of rotatable bonds is 7. The molecule has 0 heterocycles. The Hall–Kier alpha value is -2.93. The highest BCUT2D eigenvalue weighted by Gasteiger charge is 2.30. The van der Waals surface area contributed by atoms with Gasteiger partial charge in [-0.25, -0.2) is 17.2 Å². The van der Waals surface area contributed by atoms with Crippen molar-refractivity contribution in [1.29, 1.82) is 0 Å². The maximum Gasteiger partial charge on any atom is 0.269 e. The molecule has 7 nitrogen and oxygen atoms in total. The molecular weight excluding hydrogens is 569 g/mol. The first-order valence-corrected chi connectivity index (χ1v) is 12.1. The molecule has 1 amide bonds. The number of amides is 1. The van der Waals surface area contributed by atoms with E-state index in [2.05, 4.69) is 5.32 Å². The van der Waals surface area contributed by atoms with Crippen LogP contribution in [-0.4, -0.2) is 25.8 Å². The van der Waals surface area contributed by atoms with Crippen molar-refractivity contribution in [3.05, 3.63) is 97.1 Å². The smallest absolute Gasteiger partial charge is 0.269 e. The number of halogens is 3. The van der Waals surface area contributed by atoms with Crippen LogP contribution in [0, 0.1) is 25.3 Å². The van der Waals surface area contributed by atoms with E-state index in [0.717, 1.165) is 23.8 Å². The number of hydrogen-bond acceptors (Lipinski definition) is 5. The summed E-state index contributed by atoms with van der Waals surface area (Å²) in [6, 6.07) is 12.5. The fraction of sp³-hybridized carbons (Fsp3) is 0.136. The van der Waals surface area contributed by atoms with Gasteiger partial charge in [0.2, 0.25) is 9.84 Å². The van der Waals surface area contributed by atoms with E-state index in [1.807, 2.05) is 22.6 Å². The maximum atomic E-state index is 14.2. The van der Waals surface area contributed by atoms with Crippen LogP contribution in [0.25, 0.3) is 0 Å². The van der Waals surface area contributed by atoms with Crippen molar-refractivity contribution in [2.75, 3.05) is 6.54 Å². The summed E-state index contributed by atoms with van der Waals surface area (Å²) in [7, 11) is -4.68. The van der Waals surface area contributed by atoms with Crippen LogP contribution in [0.2, 0.25) is 0 Å². The van der Waals surface area contributed by atoms with E-state index in [4.69, 9.17) is 0 Å². The summed E-state index contributed by atoms with van der Waals surface area (Å²) in [4.78, 5) is 21.5. The molecular formula is C22H17F2IN2O5S. The molecule has 0 aromatic heterocycles. The van der Waals surface area contributed by atoms with Crippen LogP contribution in [0.3, 0.4) is 0 Å². The molecule has 33 heavy (non-hydrogen) atoms. The van der Waals surface area contributed by atoms with Crippen molar-refractivity contribution in [3.8, 4) is 0 Å². The van der Waals surface area contributed by atoms with E-state index in [1.165, 1.54) is 30.3 Å². The maximum absolute atomic E-state index is 14.2. The molecule has 0 spiro atoms. The summed E-state index contributed by atoms with van der Waals surface area (Å²) in [6.07, 6.45) is 0. The first kappa shape index (κ1) is 24.7. The van der Waals surface area contributed by atoms with Gasteiger partial charge in [0, 0.05) is 22.2 Å². The van der Waals surface area contributed by atoms with Crippen molar-refractivity contribution in [3.63, 3.8) is 0 Å². The fourth-order valence-corrected chi connectivity index (χ4v) is 5.44. The van der Waals surface area contributed by atoms with Gasteiger partial charge in [-0.05, 0) is 64.4 Å². The van der Waals surface area contributed by atoms with Crippen LogP contribution in [-0.2, 0) is 9.84 Å². The van der Waals surface area contributed by atoms with E-state index < -0.39 is 42.1 Å². The second kappa shape index (κ2) is 9.91. The number of carbonyl (C=O) groups excluding carboxylic acids is 1. The highest BCUT2D eigenvalue weighted by atomic mass is 127. The van der Waals surface area contributed by atoms with Crippen molar-refractivity contribution in [2.24, 2.45) is 0 Å². The largest absolute Gasteiger partial charge is 0.351 e. The van der Waals surface area contributed by atoms with Gasteiger partial charge in [-0.2, -0.15) is 0 Å². The lowest BCUT2D eigenvalue weighted by molar-refractivity contribution is -0.384.